The number of carbonyl (C=O) groups excluding carboxylic acids is 1. The number of imidazole rings is 1. The standard InChI is InChI=1S/C11H18N4O/c12-11(3-1-4-11)6-10(16)14-5-2-9-7-13-8-15-9/h7-8H,1-6,12H2,(H,13,15)(H,14,16). The Hall–Kier alpha value is -1.36. The summed E-state index contributed by atoms with van der Waals surface area (Å²) in [4.78, 5) is 18.5. The largest absolute Gasteiger partial charge is 0.356 e. The van der Waals surface area contributed by atoms with Gasteiger partial charge in [-0.1, -0.05) is 0 Å². The van der Waals surface area contributed by atoms with E-state index in [4.69, 9.17) is 5.73 Å². The fraction of sp³-hybridized carbons (Fsp3) is 0.636. The van der Waals surface area contributed by atoms with Gasteiger partial charge in [0.15, 0.2) is 0 Å². The highest BCUT2D eigenvalue weighted by molar-refractivity contribution is 5.77. The molecule has 5 nitrogen and oxygen atoms in total. The predicted octanol–water partition coefficient (Wildman–Crippen LogP) is 0.340. The first-order chi connectivity index (χ1) is 7.68. The van der Waals surface area contributed by atoms with E-state index in [-0.39, 0.29) is 11.4 Å². The van der Waals surface area contributed by atoms with Crippen molar-refractivity contribution in [3.8, 4) is 0 Å². The normalized spacial score (nSPS) is 17.8. The number of aromatic amines is 1. The number of H-pyrrole nitrogens is 1. The first kappa shape index (κ1) is 11.1. The van der Waals surface area contributed by atoms with E-state index in [1.165, 1.54) is 0 Å². The molecule has 0 saturated heterocycles. The molecule has 1 fully saturated rings. The van der Waals surface area contributed by atoms with Crippen LogP contribution in [0.5, 0.6) is 0 Å². The molecule has 0 unspecified atom stereocenters. The molecule has 1 aliphatic rings. The van der Waals surface area contributed by atoms with Gasteiger partial charge in [0.05, 0.1) is 6.33 Å². The minimum absolute atomic E-state index is 0.0571. The van der Waals surface area contributed by atoms with Crippen molar-refractivity contribution in [2.24, 2.45) is 5.73 Å². The number of rotatable bonds is 5. The molecule has 1 heterocycles. The van der Waals surface area contributed by atoms with Crippen molar-refractivity contribution in [2.45, 2.75) is 37.6 Å². The second-order valence-electron chi connectivity index (χ2n) is 4.57. The SMILES string of the molecule is NC1(CC(=O)NCCc2cnc[nH]2)CCC1. The Morgan fingerprint density at radius 3 is 3.00 bits per heavy atom. The van der Waals surface area contributed by atoms with Crippen LogP contribution in [0.1, 0.15) is 31.4 Å². The summed E-state index contributed by atoms with van der Waals surface area (Å²) in [7, 11) is 0. The summed E-state index contributed by atoms with van der Waals surface area (Å²) in [5.74, 6) is 0.0571. The van der Waals surface area contributed by atoms with Crippen molar-refractivity contribution in [3.63, 3.8) is 0 Å². The lowest BCUT2D eigenvalue weighted by Crippen LogP contribution is -2.50. The van der Waals surface area contributed by atoms with Gasteiger partial charge in [-0.25, -0.2) is 4.98 Å². The molecule has 1 aromatic rings. The zero-order valence-electron chi connectivity index (χ0n) is 9.33. The van der Waals surface area contributed by atoms with Crippen LogP contribution in [-0.2, 0) is 11.2 Å². The van der Waals surface area contributed by atoms with Crippen molar-refractivity contribution in [1.29, 1.82) is 0 Å². The lowest BCUT2D eigenvalue weighted by molar-refractivity contribution is -0.122. The Labute approximate surface area is 94.8 Å². The van der Waals surface area contributed by atoms with Crippen LogP contribution in [0.25, 0.3) is 0 Å². The third kappa shape index (κ3) is 2.82. The molecule has 0 aliphatic heterocycles. The van der Waals surface area contributed by atoms with Crippen LogP contribution >= 0.6 is 0 Å². The molecule has 1 amide bonds. The number of aromatic nitrogens is 2. The summed E-state index contributed by atoms with van der Waals surface area (Å²) in [5, 5.41) is 2.88. The van der Waals surface area contributed by atoms with Crippen LogP contribution in [0.2, 0.25) is 0 Å². The maximum absolute atomic E-state index is 11.6. The summed E-state index contributed by atoms with van der Waals surface area (Å²) >= 11 is 0. The number of hydrogen-bond acceptors (Lipinski definition) is 3. The smallest absolute Gasteiger partial charge is 0.221 e. The van der Waals surface area contributed by atoms with Gasteiger partial charge < -0.3 is 16.0 Å². The highest BCUT2D eigenvalue weighted by Crippen LogP contribution is 2.31. The molecule has 4 N–H and O–H groups in total. The molecule has 88 valence electrons. The van der Waals surface area contributed by atoms with E-state index >= 15 is 0 Å². The minimum Gasteiger partial charge on any atom is -0.356 e. The van der Waals surface area contributed by atoms with Crippen molar-refractivity contribution in [1.82, 2.24) is 15.3 Å². The quantitative estimate of drug-likeness (QED) is 0.671. The van der Waals surface area contributed by atoms with Crippen LogP contribution in [0.4, 0.5) is 0 Å². The molecule has 0 spiro atoms. The number of carbonyl (C=O) groups is 1. The zero-order chi connectivity index (χ0) is 11.4. The van der Waals surface area contributed by atoms with Gasteiger partial charge in [-0.05, 0) is 19.3 Å². The molecular weight excluding hydrogens is 204 g/mol. The van der Waals surface area contributed by atoms with E-state index in [0.29, 0.717) is 13.0 Å². The number of amides is 1. The second-order valence-corrected chi connectivity index (χ2v) is 4.57. The number of nitrogens with zero attached hydrogens (tertiary/aromatic N) is 1. The van der Waals surface area contributed by atoms with Gasteiger partial charge >= 0.3 is 0 Å². The third-order valence-electron chi connectivity index (χ3n) is 3.13. The van der Waals surface area contributed by atoms with Crippen molar-refractivity contribution >= 4 is 5.91 Å². The van der Waals surface area contributed by atoms with E-state index in [9.17, 15) is 4.79 Å². The first-order valence-electron chi connectivity index (χ1n) is 5.71. The van der Waals surface area contributed by atoms with Crippen LogP contribution in [-0.4, -0.2) is 28.0 Å². The highest BCUT2D eigenvalue weighted by atomic mass is 16.1. The van der Waals surface area contributed by atoms with E-state index in [0.717, 1.165) is 31.4 Å². The van der Waals surface area contributed by atoms with E-state index in [1.807, 2.05) is 0 Å². The second kappa shape index (κ2) is 4.65. The van der Waals surface area contributed by atoms with E-state index in [1.54, 1.807) is 12.5 Å². The van der Waals surface area contributed by atoms with Crippen molar-refractivity contribution in [2.75, 3.05) is 6.54 Å². The van der Waals surface area contributed by atoms with Gasteiger partial charge in [-0.2, -0.15) is 0 Å². The molecule has 1 saturated carbocycles. The molecule has 1 aliphatic carbocycles. The topological polar surface area (TPSA) is 83.8 Å². The van der Waals surface area contributed by atoms with Gasteiger partial charge in [0.2, 0.25) is 5.91 Å². The summed E-state index contributed by atoms with van der Waals surface area (Å²) in [5.41, 5.74) is 6.80. The molecule has 0 aromatic carbocycles. The third-order valence-corrected chi connectivity index (χ3v) is 3.13. The fourth-order valence-corrected chi connectivity index (χ4v) is 1.95. The van der Waals surface area contributed by atoms with Crippen LogP contribution < -0.4 is 11.1 Å². The van der Waals surface area contributed by atoms with Crippen molar-refractivity contribution < 1.29 is 4.79 Å². The summed E-state index contributed by atoms with van der Waals surface area (Å²) in [6.07, 6.45) is 7.74. The van der Waals surface area contributed by atoms with Gasteiger partial charge in [-0.3, -0.25) is 4.79 Å². The average molecular weight is 222 g/mol. The van der Waals surface area contributed by atoms with E-state index < -0.39 is 0 Å². The van der Waals surface area contributed by atoms with Crippen LogP contribution in [0, 0.1) is 0 Å². The highest BCUT2D eigenvalue weighted by Gasteiger charge is 2.34. The van der Waals surface area contributed by atoms with Crippen molar-refractivity contribution in [3.05, 3.63) is 18.2 Å². The Morgan fingerprint density at radius 2 is 2.44 bits per heavy atom. The zero-order valence-corrected chi connectivity index (χ0v) is 9.33. The Morgan fingerprint density at radius 1 is 1.62 bits per heavy atom. The minimum atomic E-state index is -0.224. The van der Waals surface area contributed by atoms with Crippen LogP contribution in [0.3, 0.4) is 0 Å². The number of hydrogen-bond donors (Lipinski definition) is 3. The maximum Gasteiger partial charge on any atom is 0.221 e. The number of nitrogens with one attached hydrogen (secondary N) is 2. The average Bonchev–Trinajstić information content (AvgIpc) is 2.68. The molecule has 0 radical (unpaired) electrons. The first-order valence-corrected chi connectivity index (χ1v) is 5.71. The van der Waals surface area contributed by atoms with Gasteiger partial charge in [0, 0.05) is 36.8 Å². The van der Waals surface area contributed by atoms with E-state index in [2.05, 4.69) is 15.3 Å². The molecule has 2 rings (SSSR count). The van der Waals surface area contributed by atoms with Crippen LogP contribution in [0.15, 0.2) is 12.5 Å². The predicted molar refractivity (Wildman–Crippen MR) is 60.7 cm³/mol. The summed E-state index contributed by atoms with van der Waals surface area (Å²) in [6.45, 7) is 0.636. The maximum atomic E-state index is 11.6. The molecule has 16 heavy (non-hydrogen) atoms. The summed E-state index contributed by atoms with van der Waals surface area (Å²) < 4.78 is 0. The molecule has 0 atom stereocenters. The lowest BCUT2D eigenvalue weighted by atomic mass is 9.75. The molecular formula is C11H18N4O. The number of nitrogens with two attached hydrogens (primary N) is 1. The Kier molecular flexibility index (Phi) is 3.24. The van der Waals surface area contributed by atoms with Gasteiger partial charge in [0.25, 0.3) is 0 Å². The Bertz CT molecular complexity index is 343. The molecule has 1 aromatic heterocycles. The van der Waals surface area contributed by atoms with Gasteiger partial charge in [-0.15, -0.1) is 0 Å². The molecule has 0 bridgehead atoms. The monoisotopic (exact) mass is 222 g/mol. The fourth-order valence-electron chi connectivity index (χ4n) is 1.95. The molecule has 5 heteroatoms. The summed E-state index contributed by atoms with van der Waals surface area (Å²) in [6, 6.07) is 0. The Balaban J connectivity index is 1.64. The lowest BCUT2D eigenvalue weighted by Gasteiger charge is -2.37. The van der Waals surface area contributed by atoms with Gasteiger partial charge in [0.1, 0.15) is 0 Å².